The van der Waals surface area contributed by atoms with Gasteiger partial charge in [-0.15, -0.1) is 0 Å². The zero-order valence-electron chi connectivity index (χ0n) is 7.62. The predicted molar refractivity (Wildman–Crippen MR) is 54.9 cm³/mol. The van der Waals surface area contributed by atoms with Crippen molar-refractivity contribution in [1.29, 1.82) is 5.26 Å². The number of nitriles is 1. The smallest absolute Gasteiger partial charge is 0.100 e. The van der Waals surface area contributed by atoms with Crippen LogP contribution in [0.2, 0.25) is 0 Å². The molecule has 2 rings (SSSR count). The third kappa shape index (κ3) is 1.76. The van der Waals surface area contributed by atoms with Crippen molar-refractivity contribution in [1.82, 2.24) is 0 Å². The molecule has 13 heavy (non-hydrogen) atoms. The molecule has 0 amide bonds. The van der Waals surface area contributed by atoms with Crippen LogP contribution < -0.4 is 0 Å². The summed E-state index contributed by atoms with van der Waals surface area (Å²) in [5.74, 6) is 0.676. The quantitative estimate of drug-likeness (QED) is 0.664. The molecule has 0 unspecified atom stereocenters. The minimum absolute atomic E-state index is 0.676. The average molecular weight is 191 g/mol. The molecule has 0 aliphatic heterocycles. The van der Waals surface area contributed by atoms with E-state index in [9.17, 15) is 0 Å². The molecule has 1 heterocycles. The summed E-state index contributed by atoms with van der Waals surface area (Å²) >= 11 is 1.66. The van der Waals surface area contributed by atoms with Crippen molar-refractivity contribution in [2.75, 3.05) is 0 Å². The fourth-order valence-electron chi connectivity index (χ4n) is 2.13. The zero-order valence-corrected chi connectivity index (χ0v) is 8.44. The molecule has 68 valence electrons. The molecule has 0 radical (unpaired) electrons. The van der Waals surface area contributed by atoms with Gasteiger partial charge in [-0.2, -0.15) is 16.6 Å². The lowest BCUT2D eigenvalue weighted by atomic mass is 9.84. The molecule has 0 bridgehead atoms. The van der Waals surface area contributed by atoms with E-state index in [4.69, 9.17) is 5.26 Å². The number of thiophene rings is 1. The molecular weight excluding hydrogens is 178 g/mol. The molecule has 1 fully saturated rings. The lowest BCUT2D eigenvalue weighted by Gasteiger charge is -2.20. The van der Waals surface area contributed by atoms with Gasteiger partial charge in [-0.25, -0.2) is 0 Å². The largest absolute Gasteiger partial charge is 0.192 e. The molecule has 2 heteroatoms. The first kappa shape index (κ1) is 8.77. The molecule has 0 N–H and O–H groups in total. The minimum Gasteiger partial charge on any atom is -0.192 e. The van der Waals surface area contributed by atoms with Gasteiger partial charge in [0.05, 0.1) is 5.56 Å². The first-order chi connectivity index (χ1) is 6.42. The van der Waals surface area contributed by atoms with Gasteiger partial charge in [-0.3, -0.25) is 0 Å². The maximum Gasteiger partial charge on any atom is 0.100 e. The van der Waals surface area contributed by atoms with E-state index in [-0.39, 0.29) is 0 Å². The minimum atomic E-state index is 0.676. The topological polar surface area (TPSA) is 23.8 Å². The van der Waals surface area contributed by atoms with Crippen molar-refractivity contribution in [2.24, 2.45) is 0 Å². The summed E-state index contributed by atoms with van der Waals surface area (Å²) in [5, 5.41) is 13.0. The standard InChI is InChI=1S/C11H13NS/c12-6-10-7-13-8-11(10)9-4-2-1-3-5-9/h7-9H,1-5H2. The van der Waals surface area contributed by atoms with Crippen molar-refractivity contribution in [3.8, 4) is 6.07 Å². The molecule has 1 nitrogen and oxygen atoms in total. The summed E-state index contributed by atoms with van der Waals surface area (Å²) in [6.07, 6.45) is 6.62. The average Bonchev–Trinajstić information content (AvgIpc) is 2.67. The first-order valence-corrected chi connectivity index (χ1v) is 5.82. The Hall–Kier alpha value is -0.810. The summed E-state index contributed by atoms with van der Waals surface area (Å²) in [7, 11) is 0. The van der Waals surface area contributed by atoms with Gasteiger partial charge in [0.25, 0.3) is 0 Å². The SMILES string of the molecule is N#Cc1cscc1C1CCCCC1. The highest BCUT2D eigenvalue weighted by Crippen LogP contribution is 2.35. The Balaban J connectivity index is 2.19. The third-order valence-corrected chi connectivity index (χ3v) is 3.62. The second-order valence-corrected chi connectivity index (χ2v) is 4.43. The van der Waals surface area contributed by atoms with Crippen molar-refractivity contribution in [3.05, 3.63) is 21.9 Å². The highest BCUT2D eigenvalue weighted by Gasteiger charge is 2.18. The van der Waals surface area contributed by atoms with Crippen LogP contribution in [0.4, 0.5) is 0 Å². The van der Waals surface area contributed by atoms with Crippen molar-refractivity contribution in [3.63, 3.8) is 0 Å². The maximum atomic E-state index is 8.89. The normalized spacial score (nSPS) is 18.4. The third-order valence-electron chi connectivity index (χ3n) is 2.86. The van der Waals surface area contributed by atoms with Crippen molar-refractivity contribution in [2.45, 2.75) is 38.0 Å². The Morgan fingerprint density at radius 1 is 1.23 bits per heavy atom. The summed E-state index contributed by atoms with van der Waals surface area (Å²) in [5.41, 5.74) is 2.23. The molecule has 0 aromatic carbocycles. The number of nitrogens with zero attached hydrogens (tertiary/aromatic N) is 1. The Labute approximate surface area is 83.0 Å². The number of rotatable bonds is 1. The van der Waals surface area contributed by atoms with E-state index >= 15 is 0 Å². The van der Waals surface area contributed by atoms with Crippen LogP contribution in [0, 0.1) is 11.3 Å². The van der Waals surface area contributed by atoms with Crippen LogP contribution in [-0.2, 0) is 0 Å². The van der Waals surface area contributed by atoms with E-state index in [0.717, 1.165) is 5.56 Å². The molecule has 0 spiro atoms. The second kappa shape index (κ2) is 3.93. The summed E-state index contributed by atoms with van der Waals surface area (Å²) in [4.78, 5) is 0. The van der Waals surface area contributed by atoms with E-state index in [0.29, 0.717) is 5.92 Å². The highest BCUT2D eigenvalue weighted by molar-refractivity contribution is 7.08. The van der Waals surface area contributed by atoms with E-state index in [2.05, 4.69) is 11.4 Å². The fraction of sp³-hybridized carbons (Fsp3) is 0.545. The predicted octanol–water partition coefficient (Wildman–Crippen LogP) is 3.67. The molecule has 0 saturated heterocycles. The van der Waals surface area contributed by atoms with Crippen LogP contribution in [-0.4, -0.2) is 0 Å². The summed E-state index contributed by atoms with van der Waals surface area (Å²) in [6, 6.07) is 2.28. The van der Waals surface area contributed by atoms with E-state index < -0.39 is 0 Å². The van der Waals surface area contributed by atoms with Crippen LogP contribution >= 0.6 is 11.3 Å². The van der Waals surface area contributed by atoms with E-state index in [1.807, 2.05) is 5.38 Å². The Kier molecular flexibility index (Phi) is 2.65. The second-order valence-electron chi connectivity index (χ2n) is 3.69. The van der Waals surface area contributed by atoms with Gasteiger partial charge in [0.15, 0.2) is 0 Å². The Bertz CT molecular complexity index is 315. The lowest BCUT2D eigenvalue weighted by molar-refractivity contribution is 0.444. The molecule has 1 aliphatic rings. The molecule has 1 aromatic heterocycles. The number of hydrogen-bond acceptors (Lipinski definition) is 2. The van der Waals surface area contributed by atoms with Gasteiger partial charge in [0.1, 0.15) is 6.07 Å². The van der Waals surface area contributed by atoms with Crippen LogP contribution in [0.5, 0.6) is 0 Å². The van der Waals surface area contributed by atoms with Gasteiger partial charge in [-0.05, 0) is 29.7 Å². The summed E-state index contributed by atoms with van der Waals surface area (Å²) in [6.45, 7) is 0. The van der Waals surface area contributed by atoms with Crippen molar-refractivity contribution >= 4 is 11.3 Å². The Morgan fingerprint density at radius 3 is 2.69 bits per heavy atom. The van der Waals surface area contributed by atoms with Crippen molar-refractivity contribution < 1.29 is 0 Å². The summed E-state index contributed by atoms with van der Waals surface area (Å²) < 4.78 is 0. The zero-order chi connectivity index (χ0) is 9.10. The van der Waals surface area contributed by atoms with Crippen LogP contribution in [0.1, 0.15) is 49.1 Å². The first-order valence-electron chi connectivity index (χ1n) is 4.88. The van der Waals surface area contributed by atoms with Crippen LogP contribution in [0.15, 0.2) is 10.8 Å². The molecule has 1 aromatic rings. The van der Waals surface area contributed by atoms with Crippen LogP contribution in [0.3, 0.4) is 0 Å². The molecule has 1 aliphatic carbocycles. The van der Waals surface area contributed by atoms with Crippen LogP contribution in [0.25, 0.3) is 0 Å². The highest BCUT2D eigenvalue weighted by atomic mass is 32.1. The molecule has 1 saturated carbocycles. The van der Waals surface area contributed by atoms with Gasteiger partial charge in [0.2, 0.25) is 0 Å². The van der Waals surface area contributed by atoms with E-state index in [1.54, 1.807) is 11.3 Å². The maximum absolute atomic E-state index is 8.89. The van der Waals surface area contributed by atoms with Gasteiger partial charge < -0.3 is 0 Å². The Morgan fingerprint density at radius 2 is 2.00 bits per heavy atom. The van der Waals surface area contributed by atoms with E-state index in [1.165, 1.54) is 37.7 Å². The molecular formula is C11H13NS. The van der Waals surface area contributed by atoms with Gasteiger partial charge >= 0.3 is 0 Å². The van der Waals surface area contributed by atoms with Gasteiger partial charge in [-0.1, -0.05) is 19.3 Å². The number of hydrogen-bond donors (Lipinski definition) is 0. The van der Waals surface area contributed by atoms with Gasteiger partial charge in [0, 0.05) is 5.38 Å². The fourth-order valence-corrected chi connectivity index (χ4v) is 2.99. The lowest BCUT2D eigenvalue weighted by Crippen LogP contribution is -2.04. The monoisotopic (exact) mass is 191 g/mol. The molecule has 0 atom stereocenters.